The van der Waals surface area contributed by atoms with E-state index >= 15 is 0 Å². The molecule has 1 amide bonds. The van der Waals surface area contributed by atoms with Crippen LogP contribution in [0.25, 0.3) is 0 Å². The Balaban J connectivity index is 1.31. The fraction of sp³-hybridized carbons (Fsp3) is 0.286. The third kappa shape index (κ3) is 4.37. The average molecular weight is 377 g/mol. The minimum Gasteiger partial charge on any atom is -0.487 e. The molecular weight excluding hydrogens is 354 g/mol. The zero-order chi connectivity index (χ0) is 19.3. The highest BCUT2D eigenvalue weighted by Crippen LogP contribution is 2.17. The summed E-state index contributed by atoms with van der Waals surface area (Å²) in [6, 6.07) is 14.0. The van der Waals surface area contributed by atoms with E-state index in [1.165, 1.54) is 5.56 Å². The molecule has 28 heavy (non-hydrogen) atoms. The van der Waals surface area contributed by atoms with E-state index in [2.05, 4.69) is 27.0 Å². The maximum atomic E-state index is 11.3. The molecule has 3 aromatic rings. The van der Waals surface area contributed by atoms with Gasteiger partial charge in [-0.1, -0.05) is 18.2 Å². The van der Waals surface area contributed by atoms with Gasteiger partial charge in [0.15, 0.2) is 0 Å². The summed E-state index contributed by atoms with van der Waals surface area (Å²) in [5, 5.41) is 0. The summed E-state index contributed by atoms with van der Waals surface area (Å²) in [4.78, 5) is 22.3. The van der Waals surface area contributed by atoms with Gasteiger partial charge in [0.2, 0.25) is 0 Å². The Morgan fingerprint density at radius 1 is 1.11 bits per heavy atom. The van der Waals surface area contributed by atoms with Crippen LogP contribution in [0.1, 0.15) is 27.6 Å². The first-order valence-corrected chi connectivity index (χ1v) is 9.37. The molecule has 0 unspecified atom stereocenters. The number of pyridine rings is 1. The van der Waals surface area contributed by atoms with Gasteiger partial charge in [0.25, 0.3) is 5.91 Å². The number of imidazole rings is 1. The number of aromatic nitrogens is 3. The second kappa shape index (κ2) is 8.22. The second-order valence-corrected chi connectivity index (χ2v) is 6.88. The smallest absolute Gasteiger partial charge is 0.268 e. The van der Waals surface area contributed by atoms with Crippen molar-refractivity contribution in [1.82, 2.24) is 19.4 Å². The number of nitrogens with two attached hydrogens (primary N) is 1. The Morgan fingerprint density at radius 2 is 1.96 bits per heavy atom. The van der Waals surface area contributed by atoms with Crippen LogP contribution in [-0.4, -0.2) is 38.4 Å². The van der Waals surface area contributed by atoms with Crippen LogP contribution in [-0.2, 0) is 26.1 Å². The van der Waals surface area contributed by atoms with E-state index in [1.807, 2.05) is 34.9 Å². The number of fused-ring (bicyclic) bond motifs is 1. The van der Waals surface area contributed by atoms with Gasteiger partial charge in [-0.3, -0.25) is 14.7 Å². The summed E-state index contributed by atoms with van der Waals surface area (Å²) in [7, 11) is 0. The number of primary amides is 1. The largest absolute Gasteiger partial charge is 0.487 e. The summed E-state index contributed by atoms with van der Waals surface area (Å²) < 4.78 is 7.83. The molecule has 4 rings (SSSR count). The number of carbonyl (C=O) groups is 1. The first-order valence-electron chi connectivity index (χ1n) is 9.37. The van der Waals surface area contributed by atoms with Crippen LogP contribution in [0.3, 0.4) is 0 Å². The summed E-state index contributed by atoms with van der Waals surface area (Å²) >= 11 is 0. The number of rotatable bonds is 6. The third-order valence-corrected chi connectivity index (χ3v) is 4.86. The Labute approximate surface area is 163 Å². The Hall–Kier alpha value is -3.19. The monoisotopic (exact) mass is 377 g/mol. The van der Waals surface area contributed by atoms with Crippen molar-refractivity contribution in [2.24, 2.45) is 5.73 Å². The van der Waals surface area contributed by atoms with E-state index < -0.39 is 5.91 Å². The number of nitrogens with zero attached hydrogens (tertiary/aromatic N) is 4. The number of carbonyl (C=O) groups excluding carboxylic acids is 1. The van der Waals surface area contributed by atoms with E-state index in [1.54, 1.807) is 12.4 Å². The molecule has 144 valence electrons. The molecule has 0 atom stereocenters. The fourth-order valence-electron chi connectivity index (χ4n) is 3.33. The van der Waals surface area contributed by atoms with E-state index in [-0.39, 0.29) is 0 Å². The lowest BCUT2D eigenvalue weighted by molar-refractivity contribution is 0.0995. The number of ether oxygens (including phenoxy) is 1. The molecule has 0 fully saturated rings. The normalized spacial score (nSPS) is 14.3. The highest BCUT2D eigenvalue weighted by molar-refractivity contribution is 5.90. The molecule has 1 aliphatic rings. The van der Waals surface area contributed by atoms with E-state index in [0.29, 0.717) is 12.3 Å². The molecule has 2 N–H and O–H groups in total. The topological polar surface area (TPSA) is 86.3 Å². The Morgan fingerprint density at radius 3 is 2.71 bits per heavy atom. The highest BCUT2D eigenvalue weighted by atomic mass is 16.5. The lowest BCUT2D eigenvalue weighted by atomic mass is 10.2. The van der Waals surface area contributed by atoms with Gasteiger partial charge in [0, 0.05) is 45.0 Å². The predicted molar refractivity (Wildman–Crippen MR) is 105 cm³/mol. The van der Waals surface area contributed by atoms with Crippen molar-refractivity contribution in [3.05, 3.63) is 77.6 Å². The van der Waals surface area contributed by atoms with Crippen molar-refractivity contribution >= 4 is 5.91 Å². The molecule has 7 nitrogen and oxygen atoms in total. The van der Waals surface area contributed by atoms with Crippen molar-refractivity contribution in [3.63, 3.8) is 0 Å². The molecule has 1 aromatic carbocycles. The third-order valence-electron chi connectivity index (χ3n) is 4.86. The molecule has 0 bridgehead atoms. The molecule has 0 saturated heterocycles. The van der Waals surface area contributed by atoms with Crippen molar-refractivity contribution < 1.29 is 9.53 Å². The highest BCUT2D eigenvalue weighted by Gasteiger charge is 2.17. The van der Waals surface area contributed by atoms with Crippen molar-refractivity contribution in [1.29, 1.82) is 0 Å². The molecule has 7 heteroatoms. The minimum atomic E-state index is -0.470. The van der Waals surface area contributed by atoms with Crippen LogP contribution in [0.5, 0.6) is 5.75 Å². The van der Waals surface area contributed by atoms with Crippen LogP contribution in [0.4, 0.5) is 0 Å². The maximum Gasteiger partial charge on any atom is 0.268 e. The number of amides is 1. The summed E-state index contributed by atoms with van der Waals surface area (Å²) in [6.07, 6.45) is 4.33. The van der Waals surface area contributed by atoms with Crippen LogP contribution >= 0.6 is 0 Å². The van der Waals surface area contributed by atoms with E-state index in [9.17, 15) is 4.79 Å². The second-order valence-electron chi connectivity index (χ2n) is 6.88. The Bertz CT molecular complexity index is 912. The molecular formula is C21H23N5O2. The number of benzene rings is 1. The van der Waals surface area contributed by atoms with Crippen molar-refractivity contribution in [2.75, 3.05) is 13.1 Å². The average Bonchev–Trinajstić information content (AvgIpc) is 3.05. The first-order chi connectivity index (χ1) is 13.7. The lowest BCUT2D eigenvalue weighted by Crippen LogP contribution is -2.26. The summed E-state index contributed by atoms with van der Waals surface area (Å²) in [5.74, 6) is 1.29. The van der Waals surface area contributed by atoms with Crippen molar-refractivity contribution in [3.8, 4) is 5.75 Å². The van der Waals surface area contributed by atoms with Crippen LogP contribution < -0.4 is 10.5 Å². The van der Waals surface area contributed by atoms with E-state index in [0.717, 1.165) is 49.9 Å². The predicted octanol–water partition coefficient (Wildman–Crippen LogP) is 2.01. The summed E-state index contributed by atoms with van der Waals surface area (Å²) in [5.41, 5.74) is 7.82. The van der Waals surface area contributed by atoms with Gasteiger partial charge in [-0.25, -0.2) is 4.98 Å². The molecule has 0 aliphatic carbocycles. The summed E-state index contributed by atoms with van der Waals surface area (Å²) in [6.45, 7) is 3.94. The van der Waals surface area contributed by atoms with E-state index in [4.69, 9.17) is 10.5 Å². The van der Waals surface area contributed by atoms with Gasteiger partial charge >= 0.3 is 0 Å². The zero-order valence-electron chi connectivity index (χ0n) is 15.6. The quantitative estimate of drug-likeness (QED) is 0.710. The van der Waals surface area contributed by atoms with Crippen LogP contribution in [0.15, 0.2) is 54.9 Å². The number of hydrogen-bond acceptors (Lipinski definition) is 5. The first kappa shape index (κ1) is 18.2. The molecule has 3 heterocycles. The molecule has 0 spiro atoms. The zero-order valence-corrected chi connectivity index (χ0v) is 15.6. The Kier molecular flexibility index (Phi) is 5.34. The molecule has 0 saturated carbocycles. The van der Waals surface area contributed by atoms with Gasteiger partial charge in [-0.2, -0.15) is 0 Å². The maximum absolute atomic E-state index is 11.3. The van der Waals surface area contributed by atoms with Gasteiger partial charge < -0.3 is 15.0 Å². The molecule has 0 radical (unpaired) electrons. The fourth-order valence-corrected chi connectivity index (χ4v) is 3.33. The SMILES string of the molecule is NC(=O)c1cn2c(n1)CCN(Cc1ccc(OCc3ccccn3)cc1)CC2. The number of hydrogen-bond donors (Lipinski definition) is 1. The lowest BCUT2D eigenvalue weighted by Gasteiger charge is -2.19. The molecule has 2 aromatic heterocycles. The standard InChI is InChI=1S/C21H23N5O2/c22-21(27)19-14-26-12-11-25(10-8-20(26)24-19)13-16-4-6-18(7-5-16)28-15-17-3-1-2-9-23-17/h1-7,9,14H,8,10-13,15H2,(H2,22,27). The van der Waals surface area contributed by atoms with Gasteiger partial charge in [-0.05, 0) is 29.8 Å². The van der Waals surface area contributed by atoms with Gasteiger partial charge in [0.05, 0.1) is 5.69 Å². The van der Waals surface area contributed by atoms with Gasteiger partial charge in [-0.15, -0.1) is 0 Å². The van der Waals surface area contributed by atoms with Crippen LogP contribution in [0, 0.1) is 0 Å². The van der Waals surface area contributed by atoms with Crippen LogP contribution in [0.2, 0.25) is 0 Å². The van der Waals surface area contributed by atoms with Gasteiger partial charge in [0.1, 0.15) is 23.9 Å². The minimum absolute atomic E-state index is 0.352. The van der Waals surface area contributed by atoms with Crippen molar-refractivity contribution in [2.45, 2.75) is 26.1 Å². The molecule has 1 aliphatic heterocycles.